The van der Waals surface area contributed by atoms with Gasteiger partial charge in [-0.1, -0.05) is 11.6 Å². The lowest BCUT2D eigenvalue weighted by atomic mass is 10.2. The summed E-state index contributed by atoms with van der Waals surface area (Å²) >= 11 is 6.09. The zero-order chi connectivity index (χ0) is 20.0. The number of rotatable bonds is 3. The van der Waals surface area contributed by atoms with Crippen LogP contribution in [0.4, 0.5) is 0 Å². The Morgan fingerprint density at radius 2 is 2.00 bits per heavy atom. The minimum absolute atomic E-state index is 0.269. The van der Waals surface area contributed by atoms with E-state index < -0.39 is 5.97 Å². The average Bonchev–Trinajstić information content (AvgIpc) is 3.04. The number of carbonyl (C=O) groups excluding carboxylic acids is 1. The number of nitrogens with zero attached hydrogens (tertiary/aromatic N) is 4. The van der Waals surface area contributed by atoms with Gasteiger partial charge in [0, 0.05) is 17.4 Å². The molecule has 0 atom stereocenters. The molecule has 8 nitrogen and oxygen atoms in total. The SMILES string of the molecule is COC(=O)c1c(C)nn2c1ncc1c(=O)n(-c3cc(Cl)ccc3OC)ccc12. The van der Waals surface area contributed by atoms with Crippen molar-refractivity contribution in [3.8, 4) is 11.4 Å². The van der Waals surface area contributed by atoms with E-state index in [1.807, 2.05) is 0 Å². The van der Waals surface area contributed by atoms with Crippen molar-refractivity contribution in [3.63, 3.8) is 0 Å². The third-order valence-corrected chi connectivity index (χ3v) is 4.71. The topological polar surface area (TPSA) is 87.7 Å². The molecule has 0 fully saturated rings. The molecule has 0 saturated carbocycles. The minimum atomic E-state index is -0.531. The lowest BCUT2D eigenvalue weighted by Crippen LogP contribution is -2.19. The van der Waals surface area contributed by atoms with Crippen molar-refractivity contribution in [1.82, 2.24) is 19.2 Å². The van der Waals surface area contributed by atoms with Gasteiger partial charge >= 0.3 is 5.97 Å². The number of carbonyl (C=O) groups is 1. The molecule has 0 saturated heterocycles. The lowest BCUT2D eigenvalue weighted by Gasteiger charge is -2.12. The van der Waals surface area contributed by atoms with E-state index in [-0.39, 0.29) is 11.1 Å². The van der Waals surface area contributed by atoms with Crippen LogP contribution in [0.5, 0.6) is 5.75 Å². The highest BCUT2D eigenvalue weighted by Gasteiger charge is 2.21. The Kier molecular flexibility index (Phi) is 4.27. The molecule has 9 heteroatoms. The van der Waals surface area contributed by atoms with Gasteiger partial charge in [-0.2, -0.15) is 5.10 Å². The second kappa shape index (κ2) is 6.65. The number of ether oxygens (including phenoxy) is 2. The van der Waals surface area contributed by atoms with E-state index in [9.17, 15) is 9.59 Å². The van der Waals surface area contributed by atoms with Gasteiger partial charge in [-0.05, 0) is 31.2 Å². The summed E-state index contributed by atoms with van der Waals surface area (Å²) in [7, 11) is 2.81. The number of benzene rings is 1. The highest BCUT2D eigenvalue weighted by Crippen LogP contribution is 2.26. The maximum absolute atomic E-state index is 13.1. The molecule has 3 heterocycles. The highest BCUT2D eigenvalue weighted by molar-refractivity contribution is 6.30. The molecule has 0 N–H and O–H groups in total. The zero-order valence-electron chi connectivity index (χ0n) is 15.3. The van der Waals surface area contributed by atoms with Crippen LogP contribution in [0.3, 0.4) is 0 Å². The number of methoxy groups -OCH3 is 2. The summed E-state index contributed by atoms with van der Waals surface area (Å²) in [6.45, 7) is 1.69. The predicted octanol–water partition coefficient (Wildman–Crippen LogP) is 2.79. The number of fused-ring (bicyclic) bond motifs is 3. The lowest BCUT2D eigenvalue weighted by molar-refractivity contribution is 0.0602. The maximum Gasteiger partial charge on any atom is 0.343 e. The highest BCUT2D eigenvalue weighted by atomic mass is 35.5. The molecular weight excluding hydrogens is 384 g/mol. The van der Waals surface area contributed by atoms with E-state index in [1.54, 1.807) is 37.4 Å². The first-order valence-electron chi connectivity index (χ1n) is 8.28. The summed E-state index contributed by atoms with van der Waals surface area (Å²) in [5.41, 5.74) is 1.77. The quantitative estimate of drug-likeness (QED) is 0.493. The standard InChI is InChI=1S/C19H15ClN4O4/c1-10-16(19(26)28-3)17-21-9-12-13(24(17)22-10)6-7-23(18(12)25)14-8-11(20)4-5-15(14)27-2/h4-9H,1-3H3. The molecule has 0 bridgehead atoms. The minimum Gasteiger partial charge on any atom is -0.495 e. The molecule has 0 amide bonds. The molecule has 1 aromatic carbocycles. The van der Waals surface area contributed by atoms with E-state index in [0.717, 1.165) is 0 Å². The van der Waals surface area contributed by atoms with Crippen molar-refractivity contribution in [1.29, 1.82) is 0 Å². The van der Waals surface area contributed by atoms with Crippen LogP contribution in [0.1, 0.15) is 16.1 Å². The van der Waals surface area contributed by atoms with Crippen LogP contribution in [0.15, 0.2) is 41.5 Å². The van der Waals surface area contributed by atoms with Gasteiger partial charge in [-0.25, -0.2) is 14.3 Å². The summed E-state index contributed by atoms with van der Waals surface area (Å²) in [5.74, 6) is -0.0286. The van der Waals surface area contributed by atoms with Gasteiger partial charge in [-0.15, -0.1) is 0 Å². The van der Waals surface area contributed by atoms with Crippen LogP contribution in [-0.2, 0) is 4.74 Å². The Morgan fingerprint density at radius 3 is 2.71 bits per heavy atom. The first-order valence-corrected chi connectivity index (χ1v) is 8.66. The van der Waals surface area contributed by atoms with Crippen LogP contribution in [0.25, 0.3) is 22.2 Å². The number of aryl methyl sites for hydroxylation is 1. The van der Waals surface area contributed by atoms with Gasteiger partial charge in [-0.3, -0.25) is 9.36 Å². The van der Waals surface area contributed by atoms with E-state index in [2.05, 4.69) is 10.1 Å². The second-order valence-corrected chi connectivity index (χ2v) is 6.49. The Hall–Kier alpha value is -3.39. The van der Waals surface area contributed by atoms with Crippen LogP contribution >= 0.6 is 11.6 Å². The van der Waals surface area contributed by atoms with Crippen LogP contribution < -0.4 is 10.3 Å². The molecule has 28 heavy (non-hydrogen) atoms. The normalized spacial score (nSPS) is 11.1. The number of hydrogen-bond acceptors (Lipinski definition) is 6. The maximum atomic E-state index is 13.1. The fraction of sp³-hybridized carbons (Fsp3) is 0.158. The number of esters is 1. The van der Waals surface area contributed by atoms with Crippen LogP contribution in [0, 0.1) is 6.92 Å². The van der Waals surface area contributed by atoms with Gasteiger partial charge in [0.15, 0.2) is 5.65 Å². The molecule has 0 spiro atoms. The molecule has 0 aliphatic carbocycles. The second-order valence-electron chi connectivity index (χ2n) is 6.05. The Balaban J connectivity index is 2.02. The Bertz CT molecular complexity index is 1310. The molecule has 3 aromatic heterocycles. The average molecular weight is 399 g/mol. The van der Waals surface area contributed by atoms with Gasteiger partial charge < -0.3 is 9.47 Å². The van der Waals surface area contributed by atoms with Gasteiger partial charge in [0.1, 0.15) is 11.3 Å². The van der Waals surface area contributed by atoms with Gasteiger partial charge in [0.05, 0.1) is 36.5 Å². The monoisotopic (exact) mass is 398 g/mol. The molecule has 4 aromatic rings. The first-order chi connectivity index (χ1) is 13.5. The largest absolute Gasteiger partial charge is 0.495 e. The van der Waals surface area contributed by atoms with Crippen molar-refractivity contribution < 1.29 is 14.3 Å². The molecular formula is C19H15ClN4O4. The number of aromatic nitrogens is 4. The fourth-order valence-electron chi connectivity index (χ4n) is 3.16. The molecule has 0 aliphatic rings. The van der Waals surface area contributed by atoms with E-state index in [1.165, 1.54) is 29.5 Å². The molecule has 0 unspecified atom stereocenters. The Morgan fingerprint density at radius 1 is 1.21 bits per heavy atom. The van der Waals surface area contributed by atoms with Crippen molar-refractivity contribution in [2.24, 2.45) is 0 Å². The van der Waals surface area contributed by atoms with Gasteiger partial charge in [0.2, 0.25) is 0 Å². The summed E-state index contributed by atoms with van der Waals surface area (Å²) in [5, 5.41) is 5.16. The fourth-order valence-corrected chi connectivity index (χ4v) is 3.32. The summed E-state index contributed by atoms with van der Waals surface area (Å²) in [6, 6.07) is 6.74. The molecule has 0 aliphatic heterocycles. The molecule has 4 rings (SSSR count). The van der Waals surface area contributed by atoms with E-state index >= 15 is 0 Å². The van der Waals surface area contributed by atoms with E-state index in [0.29, 0.717) is 38.7 Å². The number of hydrogen-bond donors (Lipinski definition) is 0. The molecule has 0 radical (unpaired) electrons. The van der Waals surface area contributed by atoms with Crippen molar-refractivity contribution in [3.05, 3.63) is 63.3 Å². The number of pyridine rings is 1. The van der Waals surface area contributed by atoms with E-state index in [4.69, 9.17) is 21.1 Å². The smallest absolute Gasteiger partial charge is 0.343 e. The summed E-state index contributed by atoms with van der Waals surface area (Å²) in [6.07, 6.45) is 3.03. The molecule has 142 valence electrons. The van der Waals surface area contributed by atoms with Crippen LogP contribution in [0.2, 0.25) is 5.02 Å². The third-order valence-electron chi connectivity index (χ3n) is 4.48. The van der Waals surface area contributed by atoms with Crippen molar-refractivity contribution in [2.45, 2.75) is 6.92 Å². The summed E-state index contributed by atoms with van der Waals surface area (Å²) < 4.78 is 13.1. The van der Waals surface area contributed by atoms with Gasteiger partial charge in [0.25, 0.3) is 5.56 Å². The Labute approximate surface area is 163 Å². The zero-order valence-corrected chi connectivity index (χ0v) is 16.0. The third kappa shape index (κ3) is 2.61. The predicted molar refractivity (Wildman–Crippen MR) is 104 cm³/mol. The number of halogens is 1. The summed E-state index contributed by atoms with van der Waals surface area (Å²) in [4.78, 5) is 29.5. The van der Waals surface area contributed by atoms with Crippen molar-refractivity contribution >= 4 is 34.1 Å². The van der Waals surface area contributed by atoms with Crippen molar-refractivity contribution in [2.75, 3.05) is 14.2 Å². The van der Waals surface area contributed by atoms with Crippen LogP contribution in [-0.4, -0.2) is 39.4 Å². The first kappa shape index (κ1) is 18.0.